The van der Waals surface area contributed by atoms with Crippen molar-refractivity contribution in [1.82, 2.24) is 4.98 Å². The van der Waals surface area contributed by atoms with Gasteiger partial charge in [-0.1, -0.05) is 0 Å². The van der Waals surface area contributed by atoms with Crippen molar-refractivity contribution < 1.29 is 17.9 Å². The van der Waals surface area contributed by atoms with Gasteiger partial charge in [-0.05, 0) is 43.2 Å². The summed E-state index contributed by atoms with van der Waals surface area (Å²) in [5.74, 6) is -0.677. The number of nitrogens with one attached hydrogen (secondary N) is 1. The van der Waals surface area contributed by atoms with E-state index in [1.807, 2.05) is 0 Å². The largest absolute Gasteiger partial charge is 0.392 e. The molecule has 21 heavy (non-hydrogen) atoms. The van der Waals surface area contributed by atoms with Gasteiger partial charge in [0, 0.05) is 11.8 Å². The third-order valence-corrected chi connectivity index (χ3v) is 4.46. The molecule has 0 radical (unpaired) electrons. The molecule has 0 unspecified atom stereocenters. The van der Waals surface area contributed by atoms with E-state index in [1.165, 1.54) is 19.2 Å². The molecular weight excluding hydrogens is 295 g/mol. The second-order valence-electron chi connectivity index (χ2n) is 4.72. The summed E-state index contributed by atoms with van der Waals surface area (Å²) in [5, 5.41) is 9.08. The molecule has 0 atom stereocenters. The molecule has 0 bridgehead atoms. The molecule has 0 amide bonds. The molecule has 0 saturated heterocycles. The average molecular weight is 310 g/mol. The molecule has 1 heterocycles. The summed E-state index contributed by atoms with van der Waals surface area (Å²) >= 11 is 0. The lowest BCUT2D eigenvalue weighted by molar-refractivity contribution is 0.281. The van der Waals surface area contributed by atoms with Crippen LogP contribution in [0.2, 0.25) is 0 Å². The first-order valence-corrected chi connectivity index (χ1v) is 7.66. The summed E-state index contributed by atoms with van der Waals surface area (Å²) < 4.78 is 40.8. The zero-order valence-electron chi connectivity index (χ0n) is 11.6. The zero-order valence-corrected chi connectivity index (χ0v) is 12.4. The minimum Gasteiger partial charge on any atom is -0.392 e. The van der Waals surface area contributed by atoms with Gasteiger partial charge in [-0.3, -0.25) is 9.71 Å². The van der Waals surface area contributed by atoms with Crippen molar-refractivity contribution in [1.29, 1.82) is 0 Å². The van der Waals surface area contributed by atoms with Crippen LogP contribution in [-0.4, -0.2) is 18.5 Å². The number of rotatable bonds is 4. The van der Waals surface area contributed by atoms with Gasteiger partial charge in [-0.15, -0.1) is 0 Å². The molecule has 0 aliphatic carbocycles. The Hall–Kier alpha value is -1.99. The number of benzene rings is 1. The van der Waals surface area contributed by atoms with Crippen LogP contribution in [0.5, 0.6) is 0 Å². The molecule has 0 aliphatic rings. The van der Waals surface area contributed by atoms with E-state index in [-0.39, 0.29) is 16.0 Å². The minimum atomic E-state index is -3.96. The highest BCUT2D eigenvalue weighted by atomic mass is 32.2. The topological polar surface area (TPSA) is 79.3 Å². The highest BCUT2D eigenvalue weighted by Crippen LogP contribution is 2.23. The van der Waals surface area contributed by atoms with Crippen LogP contribution in [0.15, 0.2) is 35.5 Å². The number of aliphatic hydroxyl groups is 1. The molecular formula is C14H15FN2O3S. The van der Waals surface area contributed by atoms with Gasteiger partial charge in [0.15, 0.2) is 0 Å². The van der Waals surface area contributed by atoms with Crippen molar-refractivity contribution in [2.24, 2.45) is 0 Å². The highest BCUT2D eigenvalue weighted by molar-refractivity contribution is 7.92. The van der Waals surface area contributed by atoms with Crippen LogP contribution in [0.1, 0.15) is 16.7 Å². The lowest BCUT2D eigenvalue weighted by Crippen LogP contribution is -2.15. The molecule has 5 nitrogen and oxygen atoms in total. The fraction of sp³-hybridized carbons (Fsp3) is 0.214. The minimum absolute atomic E-state index is 0.000289. The van der Waals surface area contributed by atoms with E-state index in [9.17, 15) is 12.8 Å². The number of anilines is 1. The standard InChI is InChI=1S/C14H15FN2O3S/c1-9-3-12(7-16-6-9)17-21(19,20)14-5-11(8-18)4-13(15)10(14)2/h3-7,17-18H,8H2,1-2H3. The van der Waals surface area contributed by atoms with Crippen molar-refractivity contribution in [2.45, 2.75) is 25.3 Å². The van der Waals surface area contributed by atoms with E-state index >= 15 is 0 Å². The van der Waals surface area contributed by atoms with Gasteiger partial charge in [0.1, 0.15) is 5.82 Å². The Kier molecular flexibility index (Phi) is 4.24. The predicted molar refractivity (Wildman–Crippen MR) is 76.8 cm³/mol. The number of aryl methyl sites for hydroxylation is 1. The van der Waals surface area contributed by atoms with Crippen molar-refractivity contribution >= 4 is 15.7 Å². The Bertz CT molecular complexity index is 776. The molecule has 7 heteroatoms. The second-order valence-corrected chi connectivity index (χ2v) is 6.37. The van der Waals surface area contributed by atoms with Gasteiger partial charge in [0.2, 0.25) is 0 Å². The fourth-order valence-electron chi connectivity index (χ4n) is 1.90. The van der Waals surface area contributed by atoms with Crippen molar-refractivity contribution in [3.8, 4) is 0 Å². The molecule has 0 fully saturated rings. The van der Waals surface area contributed by atoms with Crippen LogP contribution in [-0.2, 0) is 16.6 Å². The van der Waals surface area contributed by atoms with Crippen LogP contribution in [0.4, 0.5) is 10.1 Å². The summed E-state index contributed by atoms with van der Waals surface area (Å²) in [5.41, 5.74) is 1.28. The van der Waals surface area contributed by atoms with E-state index in [2.05, 4.69) is 9.71 Å². The molecule has 2 N–H and O–H groups in total. The summed E-state index contributed by atoms with van der Waals surface area (Å²) in [7, 11) is -3.96. The Labute approximate surface area is 122 Å². The first-order chi connectivity index (χ1) is 9.83. The second kappa shape index (κ2) is 5.79. The molecule has 2 aromatic rings. The monoisotopic (exact) mass is 310 g/mol. The highest BCUT2D eigenvalue weighted by Gasteiger charge is 2.20. The molecule has 1 aromatic carbocycles. The summed E-state index contributed by atoms with van der Waals surface area (Å²) in [6, 6.07) is 3.98. The van der Waals surface area contributed by atoms with Gasteiger partial charge in [-0.25, -0.2) is 12.8 Å². The maximum absolute atomic E-state index is 13.7. The van der Waals surface area contributed by atoms with Gasteiger partial charge < -0.3 is 5.11 Å². The number of halogens is 1. The number of hydrogen-bond donors (Lipinski definition) is 2. The predicted octanol–water partition coefficient (Wildman–Crippen LogP) is 2.13. The number of aliphatic hydroxyl groups excluding tert-OH is 1. The van der Waals surface area contributed by atoms with Crippen molar-refractivity contribution in [3.05, 3.63) is 53.1 Å². The van der Waals surface area contributed by atoms with Crippen LogP contribution in [0.3, 0.4) is 0 Å². The maximum Gasteiger partial charge on any atom is 0.262 e. The van der Waals surface area contributed by atoms with Gasteiger partial charge in [0.05, 0.1) is 23.4 Å². The third-order valence-electron chi connectivity index (χ3n) is 2.96. The van der Waals surface area contributed by atoms with Crippen LogP contribution >= 0.6 is 0 Å². The Morgan fingerprint density at radius 2 is 1.95 bits per heavy atom. The van der Waals surface area contributed by atoms with E-state index in [0.29, 0.717) is 5.69 Å². The molecule has 0 saturated carbocycles. The third kappa shape index (κ3) is 3.37. The van der Waals surface area contributed by atoms with Crippen LogP contribution in [0.25, 0.3) is 0 Å². The summed E-state index contributed by atoms with van der Waals surface area (Å²) in [6.45, 7) is 2.72. The van der Waals surface area contributed by atoms with E-state index in [1.54, 1.807) is 19.2 Å². The lowest BCUT2D eigenvalue weighted by atomic mass is 10.1. The Morgan fingerprint density at radius 3 is 2.57 bits per heavy atom. The SMILES string of the molecule is Cc1cncc(NS(=O)(=O)c2cc(CO)cc(F)c2C)c1. The van der Waals surface area contributed by atoms with E-state index < -0.39 is 22.4 Å². The summed E-state index contributed by atoms with van der Waals surface area (Å²) in [4.78, 5) is 3.69. The quantitative estimate of drug-likeness (QED) is 0.906. The van der Waals surface area contributed by atoms with Crippen LogP contribution < -0.4 is 4.72 Å². The number of sulfonamides is 1. The Morgan fingerprint density at radius 1 is 1.24 bits per heavy atom. The van der Waals surface area contributed by atoms with E-state index in [4.69, 9.17) is 5.11 Å². The lowest BCUT2D eigenvalue weighted by Gasteiger charge is -2.12. The maximum atomic E-state index is 13.7. The number of hydrogen-bond acceptors (Lipinski definition) is 4. The van der Waals surface area contributed by atoms with Crippen molar-refractivity contribution in [2.75, 3.05) is 4.72 Å². The molecule has 1 aromatic heterocycles. The molecule has 0 spiro atoms. The van der Waals surface area contributed by atoms with Gasteiger partial charge in [0.25, 0.3) is 10.0 Å². The van der Waals surface area contributed by atoms with Gasteiger partial charge in [-0.2, -0.15) is 0 Å². The smallest absolute Gasteiger partial charge is 0.262 e. The summed E-state index contributed by atoms with van der Waals surface area (Å²) in [6.07, 6.45) is 2.96. The van der Waals surface area contributed by atoms with E-state index in [0.717, 1.165) is 11.6 Å². The molecule has 0 aliphatic heterocycles. The molecule has 2 rings (SSSR count). The number of aromatic nitrogens is 1. The molecule has 112 valence electrons. The zero-order chi connectivity index (χ0) is 15.6. The van der Waals surface area contributed by atoms with Crippen molar-refractivity contribution in [3.63, 3.8) is 0 Å². The van der Waals surface area contributed by atoms with Crippen LogP contribution in [0, 0.1) is 19.7 Å². The first kappa shape index (κ1) is 15.4. The normalized spacial score (nSPS) is 11.4. The fourth-order valence-corrected chi connectivity index (χ4v) is 3.24. The number of pyridine rings is 1. The average Bonchev–Trinajstić information content (AvgIpc) is 2.41. The van der Waals surface area contributed by atoms with Gasteiger partial charge >= 0.3 is 0 Å². The first-order valence-electron chi connectivity index (χ1n) is 6.18. The Balaban J connectivity index is 2.47. The number of nitrogens with zero attached hydrogens (tertiary/aromatic N) is 1.